The summed E-state index contributed by atoms with van der Waals surface area (Å²) in [6.07, 6.45) is 2.12. The van der Waals surface area contributed by atoms with Gasteiger partial charge >= 0.3 is 0 Å². The molecule has 2 heterocycles. The first-order chi connectivity index (χ1) is 10.8. The van der Waals surface area contributed by atoms with Crippen LogP contribution in [-0.4, -0.2) is 26.7 Å². The van der Waals surface area contributed by atoms with Crippen molar-refractivity contribution in [3.63, 3.8) is 0 Å². The van der Waals surface area contributed by atoms with Crippen molar-refractivity contribution in [2.24, 2.45) is 0 Å². The van der Waals surface area contributed by atoms with E-state index in [0.717, 1.165) is 27.9 Å². The minimum absolute atomic E-state index is 0.0623. The van der Waals surface area contributed by atoms with Crippen LogP contribution >= 0.6 is 22.9 Å². The zero-order valence-corrected chi connectivity index (χ0v) is 13.6. The molecule has 3 aromatic rings. The minimum Gasteiger partial charge on any atom is -0.334 e. The quantitative estimate of drug-likeness (QED) is 0.650. The van der Waals surface area contributed by atoms with Gasteiger partial charge < -0.3 is 4.90 Å². The maximum absolute atomic E-state index is 12.1. The van der Waals surface area contributed by atoms with Gasteiger partial charge in [0.2, 0.25) is 5.91 Å². The molecule has 0 fully saturated rings. The number of thiazole rings is 1. The molecule has 0 bridgehead atoms. The predicted molar refractivity (Wildman–Crippen MR) is 91.1 cm³/mol. The number of hydrogen-bond acceptors (Lipinski definition) is 5. The smallest absolute Gasteiger partial charge is 0.246 e. The van der Waals surface area contributed by atoms with E-state index in [4.69, 9.17) is 0 Å². The first kappa shape index (κ1) is 14.9. The van der Waals surface area contributed by atoms with Crippen LogP contribution < -0.4 is 0 Å². The van der Waals surface area contributed by atoms with Gasteiger partial charge in [-0.1, -0.05) is 24.8 Å². The largest absolute Gasteiger partial charge is 0.334 e. The molecule has 0 radical (unpaired) electrons. The predicted octanol–water partition coefficient (Wildman–Crippen LogP) is 3.51. The Morgan fingerprint density at radius 2 is 2.23 bits per heavy atom. The minimum atomic E-state index is -0.0623. The van der Waals surface area contributed by atoms with E-state index in [1.54, 1.807) is 16.2 Å². The van der Waals surface area contributed by atoms with Crippen molar-refractivity contribution < 1.29 is 4.79 Å². The van der Waals surface area contributed by atoms with Gasteiger partial charge in [0.15, 0.2) is 0 Å². The summed E-state index contributed by atoms with van der Waals surface area (Å²) in [7, 11) is 0. The van der Waals surface area contributed by atoms with E-state index < -0.39 is 0 Å². The maximum Gasteiger partial charge on any atom is 0.246 e. The number of carbonyl (C=O) groups is 1. The number of carbonyl (C=O) groups excluding carboxylic acids is 1. The molecule has 3 rings (SSSR count). The lowest BCUT2D eigenvalue weighted by Crippen LogP contribution is -2.30. The molecule has 0 N–H and O–H groups in total. The Balaban J connectivity index is 1.77. The van der Waals surface area contributed by atoms with Crippen LogP contribution in [0.2, 0.25) is 0 Å². The van der Waals surface area contributed by atoms with Crippen molar-refractivity contribution in [3.8, 4) is 0 Å². The third kappa shape index (κ3) is 3.23. The lowest BCUT2D eigenvalue weighted by molar-refractivity contribution is -0.126. The molecule has 0 saturated carbocycles. The van der Waals surface area contributed by atoms with Crippen LogP contribution in [0.25, 0.3) is 10.9 Å². The van der Waals surface area contributed by atoms with Crippen LogP contribution in [0.1, 0.15) is 10.6 Å². The van der Waals surface area contributed by atoms with Crippen molar-refractivity contribution in [3.05, 3.63) is 58.4 Å². The van der Waals surface area contributed by atoms with Crippen LogP contribution in [-0.2, 0) is 17.8 Å². The highest BCUT2D eigenvalue weighted by Gasteiger charge is 2.15. The molecule has 1 amide bonds. The number of nitrogens with zero attached hydrogens (tertiary/aromatic N) is 3. The zero-order chi connectivity index (χ0) is 15.4. The van der Waals surface area contributed by atoms with E-state index in [2.05, 4.69) is 15.9 Å². The molecule has 0 saturated heterocycles. The molecular weight excluding hydrogens is 314 g/mol. The van der Waals surface area contributed by atoms with Gasteiger partial charge in [-0.25, -0.2) is 4.98 Å². The molecular formula is C16H15N3OS2. The van der Waals surface area contributed by atoms with Gasteiger partial charge in [0.05, 0.1) is 28.1 Å². The van der Waals surface area contributed by atoms with Crippen LogP contribution in [0.15, 0.2) is 47.8 Å². The fourth-order valence-corrected chi connectivity index (χ4v) is 3.68. The Morgan fingerprint density at radius 1 is 1.36 bits per heavy atom. The fourth-order valence-electron chi connectivity index (χ4n) is 2.24. The first-order valence-electron chi connectivity index (χ1n) is 6.89. The van der Waals surface area contributed by atoms with Gasteiger partial charge in [-0.05, 0) is 23.7 Å². The molecule has 0 aliphatic rings. The Kier molecular flexibility index (Phi) is 4.60. The van der Waals surface area contributed by atoms with Gasteiger partial charge in [-0.3, -0.25) is 4.79 Å². The number of hydrogen-bond donors (Lipinski definition) is 0. The first-order valence-corrected chi connectivity index (χ1v) is 8.61. The van der Waals surface area contributed by atoms with Crippen LogP contribution in [0.3, 0.4) is 0 Å². The maximum atomic E-state index is 12.1. The summed E-state index contributed by atoms with van der Waals surface area (Å²) in [5.74, 6) is -0.0623. The van der Waals surface area contributed by atoms with Gasteiger partial charge in [0.25, 0.3) is 0 Å². The molecule has 112 valence electrons. The summed E-state index contributed by atoms with van der Waals surface area (Å²) in [6, 6.07) is 8.01. The van der Waals surface area contributed by atoms with E-state index in [-0.39, 0.29) is 5.91 Å². The number of rotatable bonds is 6. The number of benzene rings is 1. The molecule has 1 aromatic carbocycles. The Morgan fingerprint density at radius 3 is 3.00 bits per heavy atom. The van der Waals surface area contributed by atoms with E-state index in [1.165, 1.54) is 17.6 Å². The second-order valence-corrected chi connectivity index (χ2v) is 6.39. The number of fused-ring (bicyclic) bond motifs is 1. The normalized spacial score (nSPS) is 10.7. The number of amides is 1. The fraction of sp³-hybridized carbons (Fsp3) is 0.188. The summed E-state index contributed by atoms with van der Waals surface area (Å²) in [5, 5.41) is 3.13. The molecule has 0 aliphatic carbocycles. The highest BCUT2D eigenvalue weighted by atomic mass is 32.1. The Labute approximate surface area is 136 Å². The summed E-state index contributed by atoms with van der Waals surface area (Å²) < 4.78 is 4.43. The van der Waals surface area contributed by atoms with Crippen LogP contribution in [0.4, 0.5) is 0 Å². The van der Waals surface area contributed by atoms with Gasteiger partial charge in [-0.2, -0.15) is 4.37 Å². The van der Waals surface area contributed by atoms with Crippen molar-refractivity contribution in [1.82, 2.24) is 14.3 Å². The van der Waals surface area contributed by atoms with Crippen molar-refractivity contribution in [2.45, 2.75) is 13.0 Å². The summed E-state index contributed by atoms with van der Waals surface area (Å²) in [5.41, 5.74) is 3.81. The standard InChI is InChI=1S/C16H15N3OS2/c1-2-16(20)19(8-7-12-10-21-11-17-12)9-15-13-5-3-4-6-14(13)18-22-15/h2-6,10-11H,1,7-9H2. The molecule has 0 spiro atoms. The van der Waals surface area contributed by atoms with Gasteiger partial charge in [0.1, 0.15) is 0 Å². The number of aromatic nitrogens is 2. The second-order valence-electron chi connectivity index (χ2n) is 4.82. The van der Waals surface area contributed by atoms with Crippen molar-refractivity contribution >= 4 is 39.7 Å². The molecule has 22 heavy (non-hydrogen) atoms. The molecule has 6 heteroatoms. The Bertz CT molecular complexity index is 780. The average Bonchev–Trinajstić information content (AvgIpc) is 3.20. The van der Waals surface area contributed by atoms with Crippen LogP contribution in [0.5, 0.6) is 0 Å². The molecule has 0 atom stereocenters. The average molecular weight is 329 g/mol. The monoisotopic (exact) mass is 329 g/mol. The SMILES string of the molecule is C=CC(=O)N(CCc1cscn1)Cc1snc2ccccc12. The van der Waals surface area contributed by atoms with E-state index in [0.29, 0.717) is 13.1 Å². The Hall–Kier alpha value is -2.05. The third-order valence-electron chi connectivity index (χ3n) is 3.40. The van der Waals surface area contributed by atoms with Gasteiger partial charge in [-0.15, -0.1) is 11.3 Å². The lowest BCUT2D eigenvalue weighted by atomic mass is 10.2. The highest BCUT2D eigenvalue weighted by molar-refractivity contribution is 7.07. The van der Waals surface area contributed by atoms with E-state index in [1.807, 2.05) is 35.2 Å². The van der Waals surface area contributed by atoms with Crippen molar-refractivity contribution in [2.75, 3.05) is 6.54 Å². The highest BCUT2D eigenvalue weighted by Crippen LogP contribution is 2.23. The lowest BCUT2D eigenvalue weighted by Gasteiger charge is -2.20. The van der Waals surface area contributed by atoms with E-state index in [9.17, 15) is 4.79 Å². The van der Waals surface area contributed by atoms with E-state index >= 15 is 0 Å². The topological polar surface area (TPSA) is 46.1 Å². The zero-order valence-electron chi connectivity index (χ0n) is 11.9. The molecule has 4 nitrogen and oxygen atoms in total. The van der Waals surface area contributed by atoms with Crippen molar-refractivity contribution in [1.29, 1.82) is 0 Å². The van der Waals surface area contributed by atoms with Gasteiger partial charge in [0, 0.05) is 23.7 Å². The summed E-state index contributed by atoms with van der Waals surface area (Å²) in [4.78, 5) is 19.3. The molecule has 0 unspecified atom stereocenters. The second kappa shape index (κ2) is 6.81. The third-order valence-corrected chi connectivity index (χ3v) is 4.89. The molecule has 0 aliphatic heterocycles. The van der Waals surface area contributed by atoms with Crippen LogP contribution in [0, 0.1) is 0 Å². The molecule has 2 aromatic heterocycles. The summed E-state index contributed by atoms with van der Waals surface area (Å²) in [6.45, 7) is 4.78. The summed E-state index contributed by atoms with van der Waals surface area (Å²) >= 11 is 3.02.